The Labute approximate surface area is 130 Å². The van der Waals surface area contributed by atoms with E-state index in [0.717, 1.165) is 16.8 Å². The van der Waals surface area contributed by atoms with E-state index in [1.807, 2.05) is 6.92 Å². The molecule has 114 valence electrons. The van der Waals surface area contributed by atoms with Gasteiger partial charge in [-0.05, 0) is 19.1 Å². The summed E-state index contributed by atoms with van der Waals surface area (Å²) in [6.45, 7) is 1.86. The minimum absolute atomic E-state index is 0.329. The van der Waals surface area contributed by atoms with Crippen LogP contribution in [0.5, 0.6) is 0 Å². The summed E-state index contributed by atoms with van der Waals surface area (Å²) in [6, 6.07) is 6.50. The van der Waals surface area contributed by atoms with Crippen molar-refractivity contribution in [2.75, 3.05) is 5.32 Å². The van der Waals surface area contributed by atoms with Crippen LogP contribution in [-0.4, -0.2) is 29.9 Å². The number of fused-ring (bicyclic) bond motifs is 1. The molecule has 4 rings (SSSR count). The average Bonchev–Trinajstić information content (AvgIpc) is 3.17. The molecule has 0 unspecified atom stereocenters. The van der Waals surface area contributed by atoms with E-state index in [2.05, 4.69) is 30.6 Å². The number of halogens is 1. The van der Waals surface area contributed by atoms with Crippen molar-refractivity contribution in [3.05, 3.63) is 54.5 Å². The second kappa shape index (κ2) is 5.16. The molecule has 0 atom stereocenters. The molecule has 3 aromatic heterocycles. The van der Waals surface area contributed by atoms with Gasteiger partial charge < -0.3 is 5.32 Å². The molecule has 0 radical (unpaired) electrons. The maximum absolute atomic E-state index is 13.9. The van der Waals surface area contributed by atoms with Crippen molar-refractivity contribution in [1.82, 2.24) is 29.9 Å². The lowest BCUT2D eigenvalue weighted by atomic mass is 10.3. The number of hydrogen-bond acceptors (Lipinski definition) is 5. The monoisotopic (exact) mass is 309 g/mol. The summed E-state index contributed by atoms with van der Waals surface area (Å²) in [5, 5.41) is 15.0. The largest absolute Gasteiger partial charge is 0.337 e. The molecule has 8 heteroatoms. The maximum atomic E-state index is 13.9. The molecular formula is C15H12FN7. The molecule has 23 heavy (non-hydrogen) atoms. The van der Waals surface area contributed by atoms with Crippen molar-refractivity contribution < 1.29 is 4.39 Å². The number of para-hydroxylation sites is 1. The number of aromatic amines is 1. The first-order valence-electron chi connectivity index (χ1n) is 6.94. The molecule has 0 bridgehead atoms. The molecule has 2 N–H and O–H groups in total. The highest BCUT2D eigenvalue weighted by atomic mass is 19.1. The van der Waals surface area contributed by atoms with Crippen LogP contribution in [0.1, 0.15) is 5.69 Å². The summed E-state index contributed by atoms with van der Waals surface area (Å²) < 4.78 is 15.5. The third-order valence-electron chi connectivity index (χ3n) is 3.59. The van der Waals surface area contributed by atoms with Gasteiger partial charge in [-0.2, -0.15) is 10.2 Å². The van der Waals surface area contributed by atoms with Gasteiger partial charge >= 0.3 is 0 Å². The SMILES string of the molecule is Cc1c(Nc2ncnc3[nH]ncc23)cnn1-c1ccccc1F. The third-order valence-corrected chi connectivity index (χ3v) is 3.59. The number of nitrogens with one attached hydrogen (secondary N) is 2. The molecule has 0 saturated carbocycles. The molecule has 7 nitrogen and oxygen atoms in total. The normalized spacial score (nSPS) is 11.0. The number of hydrogen-bond donors (Lipinski definition) is 2. The number of rotatable bonds is 3. The quantitative estimate of drug-likeness (QED) is 0.608. The molecule has 3 heterocycles. The van der Waals surface area contributed by atoms with Crippen LogP contribution in [0.25, 0.3) is 16.7 Å². The van der Waals surface area contributed by atoms with E-state index in [1.165, 1.54) is 12.4 Å². The average molecular weight is 309 g/mol. The second-order valence-corrected chi connectivity index (χ2v) is 4.99. The van der Waals surface area contributed by atoms with Crippen LogP contribution in [0, 0.1) is 12.7 Å². The summed E-state index contributed by atoms with van der Waals surface area (Å²) in [5.41, 5.74) is 2.54. The molecule has 0 aliphatic rings. The number of aromatic nitrogens is 6. The molecule has 0 spiro atoms. The Morgan fingerprint density at radius 2 is 2.04 bits per heavy atom. The van der Waals surface area contributed by atoms with Crippen molar-refractivity contribution in [3.8, 4) is 5.69 Å². The standard InChI is InChI=1S/C15H12FN7/c1-9-12(7-20-23(9)13-5-3-2-4-11(13)16)21-14-10-6-19-22-15(10)18-8-17-14/h2-8H,1H3,(H2,17,18,19,21,22). The Morgan fingerprint density at radius 3 is 2.91 bits per heavy atom. The van der Waals surface area contributed by atoms with Crippen LogP contribution in [-0.2, 0) is 0 Å². The van der Waals surface area contributed by atoms with E-state index in [9.17, 15) is 4.39 Å². The zero-order valence-electron chi connectivity index (χ0n) is 12.2. The van der Waals surface area contributed by atoms with Crippen LogP contribution in [0.3, 0.4) is 0 Å². The van der Waals surface area contributed by atoms with E-state index < -0.39 is 0 Å². The molecule has 1 aromatic carbocycles. The highest BCUT2D eigenvalue weighted by Gasteiger charge is 2.13. The Morgan fingerprint density at radius 1 is 1.17 bits per heavy atom. The van der Waals surface area contributed by atoms with Crippen LogP contribution in [0.2, 0.25) is 0 Å². The van der Waals surface area contributed by atoms with Gasteiger partial charge in [0.2, 0.25) is 0 Å². The van der Waals surface area contributed by atoms with E-state index >= 15 is 0 Å². The second-order valence-electron chi connectivity index (χ2n) is 4.99. The van der Waals surface area contributed by atoms with E-state index in [-0.39, 0.29) is 5.82 Å². The van der Waals surface area contributed by atoms with Crippen molar-refractivity contribution in [3.63, 3.8) is 0 Å². The fourth-order valence-corrected chi connectivity index (χ4v) is 2.39. The molecule has 0 aliphatic heterocycles. The first-order chi connectivity index (χ1) is 11.2. The Hall–Kier alpha value is -3.29. The van der Waals surface area contributed by atoms with Crippen molar-refractivity contribution in [2.24, 2.45) is 0 Å². The van der Waals surface area contributed by atoms with Gasteiger partial charge in [-0.3, -0.25) is 5.10 Å². The Kier molecular flexibility index (Phi) is 3.00. The molecule has 4 aromatic rings. The van der Waals surface area contributed by atoms with Crippen LogP contribution < -0.4 is 5.32 Å². The lowest BCUT2D eigenvalue weighted by Crippen LogP contribution is -2.02. The highest BCUT2D eigenvalue weighted by molar-refractivity contribution is 5.87. The first kappa shape index (κ1) is 13.4. The predicted octanol–water partition coefficient (Wildman–Crippen LogP) is 2.73. The highest BCUT2D eigenvalue weighted by Crippen LogP contribution is 2.25. The molecule has 0 amide bonds. The van der Waals surface area contributed by atoms with E-state index in [1.54, 1.807) is 35.3 Å². The zero-order valence-corrected chi connectivity index (χ0v) is 12.2. The predicted molar refractivity (Wildman–Crippen MR) is 83.2 cm³/mol. The van der Waals surface area contributed by atoms with Gasteiger partial charge in [-0.25, -0.2) is 19.0 Å². The summed E-state index contributed by atoms with van der Waals surface area (Å²) in [5.74, 6) is 0.282. The van der Waals surface area contributed by atoms with Crippen LogP contribution in [0.4, 0.5) is 15.9 Å². The fourth-order valence-electron chi connectivity index (χ4n) is 2.39. The number of H-pyrrole nitrogens is 1. The van der Waals surface area contributed by atoms with Crippen LogP contribution in [0.15, 0.2) is 43.0 Å². The Bertz CT molecular complexity index is 988. The van der Waals surface area contributed by atoms with E-state index in [4.69, 9.17) is 0 Å². The van der Waals surface area contributed by atoms with Gasteiger partial charge in [0.25, 0.3) is 0 Å². The molecule has 0 aliphatic carbocycles. The van der Waals surface area contributed by atoms with Gasteiger partial charge in [-0.15, -0.1) is 0 Å². The summed E-state index contributed by atoms with van der Waals surface area (Å²) in [6.07, 6.45) is 4.73. The smallest absolute Gasteiger partial charge is 0.160 e. The number of nitrogens with zero attached hydrogens (tertiary/aromatic N) is 5. The minimum Gasteiger partial charge on any atom is -0.337 e. The van der Waals surface area contributed by atoms with Gasteiger partial charge in [-0.1, -0.05) is 12.1 Å². The van der Waals surface area contributed by atoms with Crippen molar-refractivity contribution >= 4 is 22.5 Å². The van der Waals surface area contributed by atoms with Crippen LogP contribution >= 0.6 is 0 Å². The third kappa shape index (κ3) is 2.20. The van der Waals surface area contributed by atoms with Gasteiger partial charge in [0.1, 0.15) is 23.6 Å². The maximum Gasteiger partial charge on any atom is 0.160 e. The minimum atomic E-state index is -0.329. The Balaban J connectivity index is 1.74. The topological polar surface area (TPSA) is 84.3 Å². The summed E-state index contributed by atoms with van der Waals surface area (Å²) in [4.78, 5) is 8.31. The first-order valence-corrected chi connectivity index (χ1v) is 6.94. The number of anilines is 2. The van der Waals surface area contributed by atoms with E-state index in [0.29, 0.717) is 17.2 Å². The lowest BCUT2D eigenvalue weighted by Gasteiger charge is -2.08. The summed E-state index contributed by atoms with van der Waals surface area (Å²) in [7, 11) is 0. The zero-order chi connectivity index (χ0) is 15.8. The van der Waals surface area contributed by atoms with Crippen molar-refractivity contribution in [2.45, 2.75) is 6.92 Å². The molecule has 0 fully saturated rings. The van der Waals surface area contributed by atoms with Gasteiger partial charge in [0.15, 0.2) is 5.65 Å². The fraction of sp³-hybridized carbons (Fsp3) is 0.0667. The van der Waals surface area contributed by atoms with Crippen molar-refractivity contribution in [1.29, 1.82) is 0 Å². The summed E-state index contributed by atoms with van der Waals surface area (Å²) >= 11 is 0. The molecule has 0 saturated heterocycles. The lowest BCUT2D eigenvalue weighted by molar-refractivity contribution is 0.608. The number of benzene rings is 1. The molecular weight excluding hydrogens is 297 g/mol. The van der Waals surface area contributed by atoms with Gasteiger partial charge in [0, 0.05) is 0 Å². The van der Waals surface area contributed by atoms with Gasteiger partial charge in [0.05, 0.1) is 29.2 Å².